The number of esters is 1. The van der Waals surface area contributed by atoms with E-state index in [1.165, 1.54) is 0 Å². The van der Waals surface area contributed by atoms with Crippen LogP contribution in [0.5, 0.6) is 11.5 Å². The molecular formula is C16H25NO4. The Kier molecular flexibility index (Phi) is 7.61. The molecule has 0 aliphatic heterocycles. The third-order valence-corrected chi connectivity index (χ3v) is 3.03. The summed E-state index contributed by atoms with van der Waals surface area (Å²) in [6, 6.07) is 4.92. The lowest BCUT2D eigenvalue weighted by Gasteiger charge is -2.14. The predicted octanol–water partition coefficient (Wildman–Crippen LogP) is 2.31. The maximum Gasteiger partial charge on any atom is 0.323 e. The van der Waals surface area contributed by atoms with Crippen LogP contribution < -0.4 is 15.2 Å². The molecule has 0 bridgehead atoms. The van der Waals surface area contributed by atoms with E-state index in [9.17, 15) is 4.79 Å². The molecule has 2 N–H and O–H groups in total. The minimum absolute atomic E-state index is 0.333. The summed E-state index contributed by atoms with van der Waals surface area (Å²) in [6.45, 7) is 4.87. The van der Waals surface area contributed by atoms with Gasteiger partial charge < -0.3 is 19.9 Å². The smallest absolute Gasteiger partial charge is 0.323 e. The Labute approximate surface area is 126 Å². The van der Waals surface area contributed by atoms with Crippen LogP contribution in [0.15, 0.2) is 18.2 Å². The molecule has 5 heteroatoms. The monoisotopic (exact) mass is 295 g/mol. The summed E-state index contributed by atoms with van der Waals surface area (Å²) in [4.78, 5) is 11.5. The topological polar surface area (TPSA) is 70.8 Å². The first kappa shape index (κ1) is 17.3. The second kappa shape index (κ2) is 9.23. The number of hydrogen-bond donors (Lipinski definition) is 1. The lowest BCUT2D eigenvalue weighted by molar-refractivity contribution is -0.144. The van der Waals surface area contributed by atoms with Crippen LogP contribution in [0.1, 0.15) is 32.3 Å². The molecule has 1 rings (SSSR count). The number of rotatable bonds is 9. The Morgan fingerprint density at radius 2 is 2.05 bits per heavy atom. The van der Waals surface area contributed by atoms with E-state index in [0.717, 1.165) is 18.4 Å². The molecule has 0 radical (unpaired) electrons. The summed E-state index contributed by atoms with van der Waals surface area (Å²) in [5.41, 5.74) is 6.73. The molecule has 0 saturated heterocycles. The van der Waals surface area contributed by atoms with Gasteiger partial charge >= 0.3 is 5.97 Å². The van der Waals surface area contributed by atoms with Gasteiger partial charge in [0.05, 0.1) is 20.3 Å². The molecular weight excluding hydrogens is 270 g/mol. The summed E-state index contributed by atoms with van der Waals surface area (Å²) in [6.07, 6.45) is 2.48. The fraction of sp³-hybridized carbons (Fsp3) is 0.562. The van der Waals surface area contributed by atoms with Crippen LogP contribution in [0, 0.1) is 0 Å². The summed E-state index contributed by atoms with van der Waals surface area (Å²) in [5, 5.41) is 0. The Hall–Kier alpha value is -1.75. The number of ether oxygens (including phenoxy) is 3. The van der Waals surface area contributed by atoms with Crippen molar-refractivity contribution in [3.05, 3.63) is 23.8 Å². The summed E-state index contributed by atoms with van der Waals surface area (Å²) >= 11 is 0. The Morgan fingerprint density at radius 3 is 2.67 bits per heavy atom. The first-order valence-electron chi connectivity index (χ1n) is 7.34. The van der Waals surface area contributed by atoms with E-state index in [1.54, 1.807) is 14.0 Å². The van der Waals surface area contributed by atoms with Crippen LogP contribution >= 0.6 is 0 Å². The molecule has 0 aliphatic carbocycles. The zero-order valence-corrected chi connectivity index (χ0v) is 13.1. The number of hydrogen-bond acceptors (Lipinski definition) is 5. The third-order valence-electron chi connectivity index (χ3n) is 3.03. The van der Waals surface area contributed by atoms with Gasteiger partial charge in [-0.25, -0.2) is 0 Å². The van der Waals surface area contributed by atoms with E-state index in [4.69, 9.17) is 19.9 Å². The van der Waals surface area contributed by atoms with Crippen molar-refractivity contribution in [2.24, 2.45) is 5.73 Å². The Balaban J connectivity index is 2.70. The number of benzene rings is 1. The first-order valence-corrected chi connectivity index (χ1v) is 7.34. The normalized spacial score (nSPS) is 11.8. The van der Waals surface area contributed by atoms with Crippen molar-refractivity contribution in [3.8, 4) is 11.5 Å². The van der Waals surface area contributed by atoms with Gasteiger partial charge in [0, 0.05) is 0 Å². The van der Waals surface area contributed by atoms with E-state index in [-0.39, 0.29) is 5.97 Å². The molecule has 5 nitrogen and oxygen atoms in total. The summed E-state index contributed by atoms with van der Waals surface area (Å²) in [5.74, 6) is 0.971. The zero-order chi connectivity index (χ0) is 15.7. The lowest BCUT2D eigenvalue weighted by Crippen LogP contribution is -2.34. The van der Waals surface area contributed by atoms with Gasteiger partial charge in [-0.2, -0.15) is 0 Å². The fourth-order valence-electron chi connectivity index (χ4n) is 1.87. The molecule has 0 aromatic heterocycles. The van der Waals surface area contributed by atoms with Gasteiger partial charge in [-0.3, -0.25) is 4.79 Å². The highest BCUT2D eigenvalue weighted by atomic mass is 16.5. The largest absolute Gasteiger partial charge is 0.493 e. The average molecular weight is 295 g/mol. The van der Waals surface area contributed by atoms with Gasteiger partial charge in [-0.05, 0) is 37.5 Å². The number of carbonyl (C=O) groups is 1. The minimum atomic E-state index is -0.665. The number of unbranched alkanes of at least 4 members (excludes halogenated alkanes) is 1. The molecule has 1 aromatic rings. The lowest BCUT2D eigenvalue weighted by atomic mass is 10.1. The maximum atomic E-state index is 11.5. The average Bonchev–Trinajstić information content (AvgIpc) is 2.48. The molecule has 1 atom stereocenters. The predicted molar refractivity (Wildman–Crippen MR) is 81.7 cm³/mol. The van der Waals surface area contributed by atoms with Gasteiger partial charge in [0.15, 0.2) is 11.5 Å². The standard InChI is InChI=1S/C16H25NO4/c1-4-6-9-21-14-8-7-12(11-15(14)19-3)10-13(17)16(18)20-5-2/h7-8,11,13H,4-6,9-10,17H2,1-3H3. The molecule has 0 amide bonds. The SMILES string of the molecule is CCCCOc1ccc(CC(N)C(=O)OCC)cc1OC. The molecule has 0 saturated carbocycles. The Morgan fingerprint density at radius 1 is 1.29 bits per heavy atom. The van der Waals surface area contributed by atoms with Crippen molar-refractivity contribution in [1.29, 1.82) is 0 Å². The zero-order valence-electron chi connectivity index (χ0n) is 13.1. The van der Waals surface area contributed by atoms with Crippen LogP contribution in [0.2, 0.25) is 0 Å². The van der Waals surface area contributed by atoms with E-state index in [0.29, 0.717) is 31.1 Å². The van der Waals surface area contributed by atoms with E-state index >= 15 is 0 Å². The molecule has 1 aromatic carbocycles. The fourth-order valence-corrected chi connectivity index (χ4v) is 1.87. The molecule has 0 spiro atoms. The third kappa shape index (κ3) is 5.63. The Bertz CT molecular complexity index is 448. The molecule has 0 heterocycles. The van der Waals surface area contributed by atoms with Crippen LogP contribution in [0.3, 0.4) is 0 Å². The summed E-state index contributed by atoms with van der Waals surface area (Å²) < 4.78 is 15.9. The second-order valence-corrected chi connectivity index (χ2v) is 4.75. The van der Waals surface area contributed by atoms with Crippen molar-refractivity contribution >= 4 is 5.97 Å². The van der Waals surface area contributed by atoms with Crippen molar-refractivity contribution in [3.63, 3.8) is 0 Å². The molecule has 0 fully saturated rings. The van der Waals surface area contributed by atoms with Gasteiger partial charge in [-0.1, -0.05) is 19.4 Å². The highest BCUT2D eigenvalue weighted by Crippen LogP contribution is 2.28. The maximum absolute atomic E-state index is 11.5. The van der Waals surface area contributed by atoms with E-state index in [1.807, 2.05) is 18.2 Å². The number of carbonyl (C=O) groups excluding carboxylic acids is 1. The van der Waals surface area contributed by atoms with E-state index < -0.39 is 6.04 Å². The highest BCUT2D eigenvalue weighted by molar-refractivity contribution is 5.75. The van der Waals surface area contributed by atoms with E-state index in [2.05, 4.69) is 6.92 Å². The van der Waals surface area contributed by atoms with Crippen LogP contribution in [0.25, 0.3) is 0 Å². The van der Waals surface area contributed by atoms with Crippen LogP contribution in [0.4, 0.5) is 0 Å². The molecule has 118 valence electrons. The number of methoxy groups -OCH3 is 1. The molecule has 21 heavy (non-hydrogen) atoms. The van der Waals surface area contributed by atoms with Crippen molar-refractivity contribution in [2.45, 2.75) is 39.2 Å². The van der Waals surface area contributed by atoms with Gasteiger partial charge in [0.1, 0.15) is 6.04 Å². The van der Waals surface area contributed by atoms with Crippen LogP contribution in [-0.2, 0) is 16.0 Å². The van der Waals surface area contributed by atoms with Crippen LogP contribution in [-0.4, -0.2) is 32.3 Å². The second-order valence-electron chi connectivity index (χ2n) is 4.75. The number of nitrogens with two attached hydrogens (primary N) is 1. The van der Waals surface area contributed by atoms with Crippen molar-refractivity contribution in [2.75, 3.05) is 20.3 Å². The van der Waals surface area contributed by atoms with Gasteiger partial charge in [0.2, 0.25) is 0 Å². The first-order chi connectivity index (χ1) is 10.1. The molecule has 0 aliphatic rings. The van der Waals surface area contributed by atoms with Gasteiger partial charge in [-0.15, -0.1) is 0 Å². The minimum Gasteiger partial charge on any atom is -0.493 e. The van der Waals surface area contributed by atoms with Crippen molar-refractivity contribution < 1.29 is 19.0 Å². The molecule has 1 unspecified atom stereocenters. The highest BCUT2D eigenvalue weighted by Gasteiger charge is 2.16. The van der Waals surface area contributed by atoms with Crippen molar-refractivity contribution in [1.82, 2.24) is 0 Å². The quantitative estimate of drug-likeness (QED) is 0.559. The summed E-state index contributed by atoms with van der Waals surface area (Å²) in [7, 11) is 1.59. The van der Waals surface area contributed by atoms with Gasteiger partial charge in [0.25, 0.3) is 0 Å².